The summed E-state index contributed by atoms with van der Waals surface area (Å²) in [5.74, 6) is 0. The summed E-state index contributed by atoms with van der Waals surface area (Å²) in [7, 11) is 1.70. The highest BCUT2D eigenvalue weighted by molar-refractivity contribution is 4.79. The van der Waals surface area contributed by atoms with E-state index in [4.69, 9.17) is 9.47 Å². The summed E-state index contributed by atoms with van der Waals surface area (Å²) in [4.78, 5) is 0. The van der Waals surface area contributed by atoms with Gasteiger partial charge in [0.1, 0.15) is 0 Å². The molecule has 0 N–H and O–H groups in total. The molecule has 0 aromatic rings. The molecule has 1 aliphatic rings. The first-order valence-corrected chi connectivity index (χ1v) is 2.87. The lowest BCUT2D eigenvalue weighted by Gasteiger charge is -2.19. The van der Waals surface area contributed by atoms with Gasteiger partial charge in [0.05, 0.1) is 12.7 Å². The zero-order valence-corrected chi connectivity index (χ0v) is 5.09. The van der Waals surface area contributed by atoms with E-state index in [1.54, 1.807) is 7.11 Å². The van der Waals surface area contributed by atoms with Gasteiger partial charge in [-0.05, 0) is 12.8 Å². The Morgan fingerprint density at radius 2 is 2.62 bits per heavy atom. The van der Waals surface area contributed by atoms with Gasteiger partial charge in [-0.2, -0.15) is 0 Å². The quantitative estimate of drug-likeness (QED) is 0.499. The van der Waals surface area contributed by atoms with Crippen molar-refractivity contribution in [2.24, 2.45) is 0 Å². The third kappa shape index (κ3) is 1.46. The molecule has 1 rings (SSSR count). The summed E-state index contributed by atoms with van der Waals surface area (Å²) in [6, 6.07) is 0. The van der Waals surface area contributed by atoms with Crippen LogP contribution in [0.2, 0.25) is 0 Å². The molecule has 0 aromatic heterocycles. The lowest BCUT2D eigenvalue weighted by molar-refractivity contribution is -0.000163. The Kier molecular flexibility index (Phi) is 2.30. The van der Waals surface area contributed by atoms with E-state index in [1.165, 1.54) is 0 Å². The van der Waals surface area contributed by atoms with E-state index in [-0.39, 0.29) is 6.10 Å². The van der Waals surface area contributed by atoms with Crippen molar-refractivity contribution in [3.8, 4) is 0 Å². The fourth-order valence-corrected chi connectivity index (χ4v) is 0.769. The molecule has 1 fully saturated rings. The van der Waals surface area contributed by atoms with Crippen LogP contribution < -0.4 is 0 Å². The van der Waals surface area contributed by atoms with E-state index < -0.39 is 0 Å². The largest absolute Gasteiger partial charge is 0.379 e. The Balaban J connectivity index is 2.13. The highest BCUT2D eigenvalue weighted by Gasteiger charge is 2.11. The molecule has 47 valence electrons. The molecule has 0 saturated carbocycles. The molecule has 0 aromatic carbocycles. The second-order valence-electron chi connectivity index (χ2n) is 1.87. The van der Waals surface area contributed by atoms with Crippen molar-refractivity contribution in [3.05, 3.63) is 6.42 Å². The number of hydrogen-bond donors (Lipinski definition) is 0. The highest BCUT2D eigenvalue weighted by atomic mass is 16.5. The van der Waals surface area contributed by atoms with Crippen molar-refractivity contribution in [1.29, 1.82) is 0 Å². The maximum absolute atomic E-state index is 5.12. The maximum Gasteiger partial charge on any atom is 0.0837 e. The summed E-state index contributed by atoms with van der Waals surface area (Å²) >= 11 is 0. The molecule has 0 spiro atoms. The molecule has 8 heavy (non-hydrogen) atoms. The third-order valence-electron chi connectivity index (χ3n) is 1.28. The molecule has 1 saturated heterocycles. The fraction of sp³-hybridized carbons (Fsp3) is 0.833. The maximum atomic E-state index is 5.12. The smallest absolute Gasteiger partial charge is 0.0837 e. The minimum absolute atomic E-state index is 0.240. The first-order chi connectivity index (χ1) is 3.93. The molecule has 0 bridgehead atoms. The number of hydrogen-bond acceptors (Lipinski definition) is 2. The van der Waals surface area contributed by atoms with Crippen LogP contribution in [-0.4, -0.2) is 26.4 Å². The van der Waals surface area contributed by atoms with Gasteiger partial charge in [-0.3, -0.25) is 0 Å². The fourth-order valence-electron chi connectivity index (χ4n) is 0.769. The molecule has 1 aliphatic heterocycles. The topological polar surface area (TPSA) is 18.5 Å². The van der Waals surface area contributed by atoms with Crippen molar-refractivity contribution >= 4 is 0 Å². The average Bonchev–Trinajstić information content (AvgIpc) is 1.90. The molecule has 0 amide bonds. The lowest BCUT2D eigenvalue weighted by Crippen LogP contribution is -2.24. The van der Waals surface area contributed by atoms with Gasteiger partial charge in [0.2, 0.25) is 0 Å². The molecule has 2 nitrogen and oxygen atoms in total. The van der Waals surface area contributed by atoms with Crippen LogP contribution in [-0.2, 0) is 9.47 Å². The number of methoxy groups -OCH3 is 1. The summed E-state index contributed by atoms with van der Waals surface area (Å²) in [6.07, 6.45) is 3.41. The summed E-state index contributed by atoms with van der Waals surface area (Å²) in [6.45, 7) is 1.59. The minimum Gasteiger partial charge on any atom is -0.379 e. The van der Waals surface area contributed by atoms with Gasteiger partial charge in [0.15, 0.2) is 0 Å². The van der Waals surface area contributed by atoms with Crippen LogP contribution in [0.15, 0.2) is 0 Å². The first kappa shape index (κ1) is 6.05. The molecule has 1 atom stereocenters. The van der Waals surface area contributed by atoms with Crippen molar-refractivity contribution in [3.63, 3.8) is 0 Å². The molecule has 0 unspecified atom stereocenters. The Morgan fingerprint density at radius 1 is 1.75 bits per heavy atom. The zero-order valence-electron chi connectivity index (χ0n) is 5.09. The number of rotatable bonds is 1. The second-order valence-corrected chi connectivity index (χ2v) is 1.87. The van der Waals surface area contributed by atoms with Gasteiger partial charge in [0, 0.05) is 13.7 Å². The molecule has 1 radical (unpaired) electrons. The Bertz CT molecular complexity index is 57.5. The molecule has 1 heterocycles. The van der Waals surface area contributed by atoms with Gasteiger partial charge in [-0.1, -0.05) is 0 Å². The molecule has 2 heteroatoms. The van der Waals surface area contributed by atoms with Crippen LogP contribution in [0.4, 0.5) is 0 Å². The Morgan fingerprint density at radius 3 is 3.00 bits per heavy atom. The monoisotopic (exact) mass is 115 g/mol. The molecular weight excluding hydrogens is 104 g/mol. The van der Waals surface area contributed by atoms with Crippen LogP contribution >= 0.6 is 0 Å². The lowest BCUT2D eigenvalue weighted by atomic mass is 10.2. The SMILES string of the molecule is CO[C@@H]1[CH]CCOC1. The van der Waals surface area contributed by atoms with Gasteiger partial charge >= 0.3 is 0 Å². The van der Waals surface area contributed by atoms with Crippen LogP contribution in [0, 0.1) is 6.42 Å². The van der Waals surface area contributed by atoms with Gasteiger partial charge in [-0.15, -0.1) is 0 Å². The van der Waals surface area contributed by atoms with Gasteiger partial charge in [-0.25, -0.2) is 0 Å². The van der Waals surface area contributed by atoms with Crippen LogP contribution in [0.5, 0.6) is 0 Å². The van der Waals surface area contributed by atoms with E-state index >= 15 is 0 Å². The predicted octanol–water partition coefficient (Wildman–Crippen LogP) is 0.626. The molecular formula is C6H11O2. The minimum atomic E-state index is 0.240. The van der Waals surface area contributed by atoms with Crippen LogP contribution in [0.25, 0.3) is 0 Å². The predicted molar refractivity (Wildman–Crippen MR) is 30.5 cm³/mol. The van der Waals surface area contributed by atoms with E-state index in [0.717, 1.165) is 19.6 Å². The van der Waals surface area contributed by atoms with Crippen molar-refractivity contribution in [1.82, 2.24) is 0 Å². The highest BCUT2D eigenvalue weighted by Crippen LogP contribution is 2.06. The second kappa shape index (κ2) is 3.05. The third-order valence-corrected chi connectivity index (χ3v) is 1.28. The van der Waals surface area contributed by atoms with Crippen molar-refractivity contribution < 1.29 is 9.47 Å². The number of ether oxygens (including phenoxy) is 2. The first-order valence-electron chi connectivity index (χ1n) is 2.87. The van der Waals surface area contributed by atoms with E-state index in [0.29, 0.717) is 0 Å². The van der Waals surface area contributed by atoms with Crippen LogP contribution in [0.3, 0.4) is 0 Å². The van der Waals surface area contributed by atoms with E-state index in [9.17, 15) is 0 Å². The Labute approximate surface area is 49.8 Å². The summed E-state index contributed by atoms with van der Waals surface area (Å²) < 4.78 is 10.1. The normalized spacial score (nSPS) is 30.4. The van der Waals surface area contributed by atoms with Gasteiger partial charge in [0.25, 0.3) is 0 Å². The van der Waals surface area contributed by atoms with E-state index in [2.05, 4.69) is 6.42 Å². The Hall–Kier alpha value is -0.0800. The average molecular weight is 115 g/mol. The van der Waals surface area contributed by atoms with E-state index in [1.807, 2.05) is 0 Å². The molecule has 0 aliphatic carbocycles. The van der Waals surface area contributed by atoms with Crippen molar-refractivity contribution in [2.45, 2.75) is 12.5 Å². The standard InChI is InChI=1S/C6H11O2/c1-7-6-3-2-4-8-5-6/h3,6H,2,4-5H2,1H3/t6-/m1/s1. The zero-order chi connectivity index (χ0) is 5.82. The van der Waals surface area contributed by atoms with Crippen LogP contribution in [0.1, 0.15) is 6.42 Å². The summed E-state index contributed by atoms with van der Waals surface area (Å²) in [5, 5.41) is 0. The van der Waals surface area contributed by atoms with Crippen molar-refractivity contribution in [2.75, 3.05) is 20.3 Å². The van der Waals surface area contributed by atoms with Gasteiger partial charge < -0.3 is 9.47 Å². The summed E-state index contributed by atoms with van der Waals surface area (Å²) in [5.41, 5.74) is 0.